The van der Waals surface area contributed by atoms with Gasteiger partial charge in [-0.1, -0.05) is 30.3 Å². The van der Waals surface area contributed by atoms with Gasteiger partial charge >= 0.3 is 0 Å². The average Bonchev–Trinajstić information content (AvgIpc) is 3.38. The van der Waals surface area contributed by atoms with Gasteiger partial charge in [0.25, 0.3) is 11.5 Å². The van der Waals surface area contributed by atoms with Gasteiger partial charge in [-0.3, -0.25) is 19.0 Å². The van der Waals surface area contributed by atoms with Crippen molar-refractivity contribution in [3.63, 3.8) is 0 Å². The second-order valence-electron chi connectivity index (χ2n) is 8.07. The third-order valence-electron chi connectivity index (χ3n) is 5.88. The molecule has 0 radical (unpaired) electrons. The normalized spacial score (nSPS) is 13.1. The lowest BCUT2D eigenvalue weighted by Crippen LogP contribution is -2.30. The molecule has 4 aromatic rings. The zero-order chi connectivity index (χ0) is 23.1. The van der Waals surface area contributed by atoms with Gasteiger partial charge in [-0.05, 0) is 49.8 Å². The highest BCUT2D eigenvalue weighted by Crippen LogP contribution is 2.36. The molecule has 3 N–H and O–H groups in total. The summed E-state index contributed by atoms with van der Waals surface area (Å²) in [4.78, 5) is 45.7. The van der Waals surface area contributed by atoms with Gasteiger partial charge in [-0.2, -0.15) is 0 Å². The van der Waals surface area contributed by atoms with Crippen LogP contribution in [0.15, 0.2) is 41.2 Å². The molecule has 9 heteroatoms. The molecule has 1 aliphatic carbocycles. The Hall–Kier alpha value is -3.30. The van der Waals surface area contributed by atoms with E-state index in [0.717, 1.165) is 46.5 Å². The number of carbonyl (C=O) groups is 2. The topological polar surface area (TPSA) is 107 Å². The molecule has 5 rings (SSSR count). The first-order valence-electron chi connectivity index (χ1n) is 10.7. The Bertz CT molecular complexity index is 1450. The minimum atomic E-state index is -0.620. The summed E-state index contributed by atoms with van der Waals surface area (Å²) in [5.41, 5.74) is 7.63. The number of thiophene rings is 2. The zero-order valence-corrected chi connectivity index (χ0v) is 19.6. The predicted octanol–water partition coefficient (Wildman–Crippen LogP) is 4.11. The third kappa shape index (κ3) is 3.98. The molecule has 3 aromatic heterocycles. The molecule has 0 atom stereocenters. The lowest BCUT2D eigenvalue weighted by molar-refractivity contribution is -0.116. The van der Waals surface area contributed by atoms with E-state index < -0.39 is 11.8 Å². The molecule has 0 bridgehead atoms. The van der Waals surface area contributed by atoms with Crippen LogP contribution < -0.4 is 16.6 Å². The number of hydrogen-bond donors (Lipinski definition) is 2. The first-order chi connectivity index (χ1) is 15.9. The summed E-state index contributed by atoms with van der Waals surface area (Å²) in [6, 6.07) is 11.2. The minimum Gasteiger partial charge on any atom is -0.366 e. The van der Waals surface area contributed by atoms with Crippen molar-refractivity contribution in [2.24, 2.45) is 5.73 Å². The van der Waals surface area contributed by atoms with Gasteiger partial charge in [-0.25, -0.2) is 4.98 Å². The van der Waals surface area contributed by atoms with Crippen molar-refractivity contribution >= 4 is 49.7 Å². The molecule has 0 saturated heterocycles. The largest absolute Gasteiger partial charge is 0.366 e. The quantitative estimate of drug-likeness (QED) is 0.450. The number of aryl methyl sites for hydroxylation is 3. The first-order valence-corrected chi connectivity index (χ1v) is 12.4. The molecule has 33 heavy (non-hydrogen) atoms. The lowest BCUT2D eigenvalue weighted by atomic mass is 9.97. The number of rotatable bonds is 5. The number of nitrogens with one attached hydrogen (secondary N) is 1. The van der Waals surface area contributed by atoms with E-state index in [-0.39, 0.29) is 17.7 Å². The van der Waals surface area contributed by atoms with Gasteiger partial charge in [0.05, 0.1) is 10.9 Å². The van der Waals surface area contributed by atoms with Crippen LogP contribution in [-0.4, -0.2) is 21.4 Å². The maximum atomic E-state index is 13.3. The Morgan fingerprint density at radius 1 is 1.15 bits per heavy atom. The fourth-order valence-corrected chi connectivity index (χ4v) is 6.63. The van der Waals surface area contributed by atoms with Crippen molar-refractivity contribution < 1.29 is 9.59 Å². The van der Waals surface area contributed by atoms with E-state index in [0.29, 0.717) is 16.2 Å². The summed E-state index contributed by atoms with van der Waals surface area (Å²) in [7, 11) is 0. The Balaban J connectivity index is 1.46. The molecule has 1 aromatic carbocycles. The monoisotopic (exact) mass is 478 g/mol. The molecule has 7 nitrogen and oxygen atoms in total. The summed E-state index contributed by atoms with van der Waals surface area (Å²) < 4.78 is 1.41. The van der Waals surface area contributed by atoms with E-state index in [1.807, 2.05) is 30.3 Å². The van der Waals surface area contributed by atoms with Crippen molar-refractivity contribution in [2.75, 3.05) is 5.32 Å². The Morgan fingerprint density at radius 2 is 1.91 bits per heavy atom. The van der Waals surface area contributed by atoms with Crippen molar-refractivity contribution in [2.45, 2.75) is 39.2 Å². The van der Waals surface area contributed by atoms with Crippen LogP contribution in [0.2, 0.25) is 0 Å². The molecule has 2 amide bonds. The number of anilines is 1. The van der Waals surface area contributed by atoms with Crippen LogP contribution in [0.5, 0.6) is 0 Å². The van der Waals surface area contributed by atoms with E-state index in [4.69, 9.17) is 5.73 Å². The van der Waals surface area contributed by atoms with E-state index in [9.17, 15) is 14.4 Å². The Morgan fingerprint density at radius 3 is 2.67 bits per heavy atom. The van der Waals surface area contributed by atoms with Gasteiger partial charge < -0.3 is 11.1 Å². The van der Waals surface area contributed by atoms with Crippen molar-refractivity contribution in [1.29, 1.82) is 0 Å². The molecule has 1 aliphatic rings. The van der Waals surface area contributed by atoms with Gasteiger partial charge in [0, 0.05) is 9.75 Å². The standard InChI is InChI=1S/C24H22N4O3S2/c1-13-26-23-20(15-9-5-6-10-17(15)32-23)24(31)28(13)12-19(29)27-22-16(21(25)30)11-18(33-22)14-7-3-2-4-8-14/h2-4,7-8,11H,5-6,9-10,12H2,1H3,(H2,25,30)(H,27,29). The molecule has 0 fully saturated rings. The lowest BCUT2D eigenvalue weighted by Gasteiger charge is -2.12. The van der Waals surface area contributed by atoms with Crippen molar-refractivity contribution in [3.05, 3.63) is 68.6 Å². The number of carbonyl (C=O) groups excluding carboxylic acids is 2. The number of nitrogens with zero attached hydrogens (tertiary/aromatic N) is 2. The van der Waals surface area contributed by atoms with E-state index in [2.05, 4.69) is 10.3 Å². The molecule has 0 saturated carbocycles. The number of hydrogen-bond acceptors (Lipinski definition) is 6. The maximum Gasteiger partial charge on any atom is 0.263 e. The summed E-state index contributed by atoms with van der Waals surface area (Å²) >= 11 is 2.87. The van der Waals surface area contributed by atoms with Gasteiger partial charge in [0.2, 0.25) is 5.91 Å². The highest BCUT2D eigenvalue weighted by atomic mass is 32.1. The molecule has 0 spiro atoms. The van der Waals surface area contributed by atoms with E-state index >= 15 is 0 Å². The van der Waals surface area contributed by atoms with Crippen LogP contribution in [0.1, 0.15) is 39.5 Å². The third-order valence-corrected chi connectivity index (χ3v) is 8.16. The number of fused-ring (bicyclic) bond motifs is 3. The Kier molecular flexibility index (Phi) is 5.59. The number of nitrogens with two attached hydrogens (primary N) is 1. The van der Waals surface area contributed by atoms with E-state index in [1.54, 1.807) is 24.3 Å². The second-order valence-corrected chi connectivity index (χ2v) is 10.2. The number of amides is 2. The minimum absolute atomic E-state index is 0.182. The number of primary amides is 1. The van der Waals surface area contributed by atoms with Crippen LogP contribution >= 0.6 is 22.7 Å². The second kappa shape index (κ2) is 8.57. The predicted molar refractivity (Wildman–Crippen MR) is 132 cm³/mol. The molecular formula is C24H22N4O3S2. The summed E-state index contributed by atoms with van der Waals surface area (Å²) in [6.07, 6.45) is 4.04. The van der Waals surface area contributed by atoms with Crippen LogP contribution in [-0.2, 0) is 24.2 Å². The van der Waals surface area contributed by atoms with Crippen LogP contribution in [0.4, 0.5) is 5.00 Å². The van der Waals surface area contributed by atoms with Crippen LogP contribution in [0.3, 0.4) is 0 Å². The molecule has 0 aliphatic heterocycles. The number of benzene rings is 1. The van der Waals surface area contributed by atoms with E-state index in [1.165, 1.54) is 20.8 Å². The molecule has 168 valence electrons. The van der Waals surface area contributed by atoms with Crippen LogP contribution in [0.25, 0.3) is 20.7 Å². The van der Waals surface area contributed by atoms with Gasteiger partial charge in [0.1, 0.15) is 22.2 Å². The highest BCUT2D eigenvalue weighted by molar-refractivity contribution is 7.20. The molecular weight excluding hydrogens is 456 g/mol. The highest BCUT2D eigenvalue weighted by Gasteiger charge is 2.23. The smallest absolute Gasteiger partial charge is 0.263 e. The zero-order valence-electron chi connectivity index (χ0n) is 18.0. The fourth-order valence-electron chi connectivity index (χ4n) is 4.25. The summed E-state index contributed by atoms with van der Waals surface area (Å²) in [5.74, 6) is -0.535. The van der Waals surface area contributed by atoms with Crippen molar-refractivity contribution in [1.82, 2.24) is 9.55 Å². The van der Waals surface area contributed by atoms with Crippen molar-refractivity contribution in [3.8, 4) is 10.4 Å². The first kappa shape index (κ1) is 21.5. The fraction of sp³-hybridized carbons (Fsp3) is 0.250. The summed E-state index contributed by atoms with van der Waals surface area (Å²) in [5, 5.41) is 3.80. The van der Waals surface area contributed by atoms with Crippen LogP contribution in [0, 0.1) is 6.92 Å². The number of aromatic nitrogens is 2. The van der Waals surface area contributed by atoms with Gasteiger partial charge in [-0.15, -0.1) is 22.7 Å². The summed E-state index contributed by atoms with van der Waals surface area (Å²) in [6.45, 7) is 1.55. The van der Waals surface area contributed by atoms with Gasteiger partial charge in [0.15, 0.2) is 0 Å². The SMILES string of the molecule is Cc1nc2sc3c(c2c(=O)n1CC(=O)Nc1sc(-c2ccccc2)cc1C(N)=O)CCCC3. The molecule has 3 heterocycles. The average molecular weight is 479 g/mol. The maximum absolute atomic E-state index is 13.3. The molecule has 0 unspecified atom stereocenters. The Labute approximate surface area is 197 Å².